The zero-order valence-electron chi connectivity index (χ0n) is 8.78. The molecule has 0 N–H and O–H groups in total. The van der Waals surface area contributed by atoms with E-state index < -0.39 is 0 Å². The Kier molecular flexibility index (Phi) is 3.89. The van der Waals surface area contributed by atoms with Gasteiger partial charge in [-0.1, -0.05) is 26.0 Å². The first-order valence-corrected chi connectivity index (χ1v) is 5.23. The largest absolute Gasteiger partial charge is 0.429 e. The second kappa shape index (κ2) is 4.96. The molecule has 1 heterocycles. The molecule has 1 aliphatic rings. The maximum atomic E-state index is 5.36. The first kappa shape index (κ1) is 11.0. The lowest BCUT2D eigenvalue weighted by molar-refractivity contribution is 0.515. The molecule has 0 saturated carbocycles. The van der Waals surface area contributed by atoms with Gasteiger partial charge in [-0.2, -0.15) is 0 Å². The number of hydrogen-bond donors (Lipinski definition) is 0. The molecule has 0 aromatic carbocycles. The number of allylic oxidation sites excluding steroid dienone is 2. The van der Waals surface area contributed by atoms with Gasteiger partial charge in [0.15, 0.2) is 5.76 Å². The molecule has 0 aliphatic heterocycles. The Balaban J connectivity index is 0.000000461. The molecular formula is C11H15NOS. The summed E-state index contributed by atoms with van der Waals surface area (Å²) in [7, 11) is 1.91. The molecule has 0 fully saturated rings. The first-order chi connectivity index (χ1) is 6.79. The lowest BCUT2D eigenvalue weighted by Gasteiger charge is -1.91. The third-order valence-corrected chi connectivity index (χ3v) is 2.26. The van der Waals surface area contributed by atoms with Crippen LogP contribution in [0.1, 0.15) is 31.7 Å². The highest BCUT2D eigenvalue weighted by molar-refractivity contribution is 7.71. The fraction of sp³-hybridized carbons (Fsp3) is 0.364. The van der Waals surface area contributed by atoms with Crippen molar-refractivity contribution in [1.29, 1.82) is 0 Å². The number of rotatable bonds is 0. The van der Waals surface area contributed by atoms with E-state index >= 15 is 0 Å². The molecule has 1 aromatic heterocycles. The summed E-state index contributed by atoms with van der Waals surface area (Å²) < 4.78 is 7.23. The standard InChI is InChI=1S/C9H9NOS.C2H6/c1-10-7-5-3-2-4-6-8(7)11-9(10)12;1-2/h3-6H,2H2,1H3;1-2H3. The number of nitrogens with zero attached hydrogens (tertiary/aromatic N) is 1. The third-order valence-electron chi connectivity index (χ3n) is 1.90. The van der Waals surface area contributed by atoms with Crippen molar-refractivity contribution in [3.8, 4) is 0 Å². The Bertz CT molecular complexity index is 409. The summed E-state index contributed by atoms with van der Waals surface area (Å²) in [5, 5.41) is 0. The van der Waals surface area contributed by atoms with Crippen molar-refractivity contribution in [3.05, 3.63) is 28.4 Å². The molecule has 0 radical (unpaired) electrons. The summed E-state index contributed by atoms with van der Waals surface area (Å²) in [6.07, 6.45) is 9.10. The Morgan fingerprint density at radius 2 is 1.93 bits per heavy atom. The molecule has 2 rings (SSSR count). The summed E-state index contributed by atoms with van der Waals surface area (Å²) in [5.74, 6) is 0.858. The summed E-state index contributed by atoms with van der Waals surface area (Å²) >= 11 is 4.99. The van der Waals surface area contributed by atoms with Crippen LogP contribution in [0, 0.1) is 4.84 Å². The Morgan fingerprint density at radius 3 is 2.64 bits per heavy atom. The van der Waals surface area contributed by atoms with E-state index in [9.17, 15) is 0 Å². The van der Waals surface area contributed by atoms with E-state index in [1.165, 1.54) is 0 Å². The molecule has 0 atom stereocenters. The molecule has 1 aromatic rings. The average Bonchev–Trinajstić information content (AvgIpc) is 2.44. The summed E-state index contributed by atoms with van der Waals surface area (Å²) in [6.45, 7) is 4.00. The van der Waals surface area contributed by atoms with Gasteiger partial charge in [-0.05, 0) is 30.8 Å². The molecule has 1 aliphatic carbocycles. The van der Waals surface area contributed by atoms with Crippen LogP contribution in [0.2, 0.25) is 0 Å². The monoisotopic (exact) mass is 209 g/mol. The van der Waals surface area contributed by atoms with Crippen molar-refractivity contribution in [2.75, 3.05) is 0 Å². The van der Waals surface area contributed by atoms with Gasteiger partial charge in [0, 0.05) is 7.05 Å². The SMILES string of the molecule is CC.Cn1c2c(oc1=S)C=CCC=C2. The summed E-state index contributed by atoms with van der Waals surface area (Å²) in [6, 6.07) is 0. The van der Waals surface area contributed by atoms with Crippen LogP contribution in [0.3, 0.4) is 0 Å². The predicted octanol–water partition coefficient (Wildman–Crippen LogP) is 3.80. The summed E-state index contributed by atoms with van der Waals surface area (Å²) in [5.41, 5.74) is 1.05. The average molecular weight is 209 g/mol. The minimum Gasteiger partial charge on any atom is -0.429 e. The fourth-order valence-corrected chi connectivity index (χ4v) is 1.41. The zero-order chi connectivity index (χ0) is 10.6. The Labute approximate surface area is 89.6 Å². The van der Waals surface area contributed by atoms with Gasteiger partial charge < -0.3 is 8.98 Å². The fourth-order valence-electron chi connectivity index (χ4n) is 1.23. The second-order valence-electron chi connectivity index (χ2n) is 2.72. The molecular weight excluding hydrogens is 194 g/mol. The third kappa shape index (κ3) is 2.04. The van der Waals surface area contributed by atoms with Crippen LogP contribution in [-0.2, 0) is 7.05 Å². The van der Waals surface area contributed by atoms with E-state index in [0.717, 1.165) is 17.9 Å². The highest BCUT2D eigenvalue weighted by Crippen LogP contribution is 2.18. The second-order valence-corrected chi connectivity index (χ2v) is 3.07. The van der Waals surface area contributed by atoms with E-state index in [1.807, 2.05) is 37.6 Å². The Hall–Kier alpha value is -1.09. The van der Waals surface area contributed by atoms with Crippen molar-refractivity contribution in [3.63, 3.8) is 0 Å². The van der Waals surface area contributed by atoms with Crippen molar-refractivity contribution in [1.82, 2.24) is 4.57 Å². The molecule has 0 spiro atoms. The zero-order valence-corrected chi connectivity index (χ0v) is 9.60. The lowest BCUT2D eigenvalue weighted by Crippen LogP contribution is -1.90. The van der Waals surface area contributed by atoms with Crippen LogP contribution >= 0.6 is 12.2 Å². The van der Waals surface area contributed by atoms with Crippen molar-refractivity contribution in [2.45, 2.75) is 20.3 Å². The molecule has 14 heavy (non-hydrogen) atoms. The maximum Gasteiger partial charge on any atom is 0.269 e. The van der Waals surface area contributed by atoms with Gasteiger partial charge in [-0.25, -0.2) is 0 Å². The molecule has 76 valence electrons. The van der Waals surface area contributed by atoms with Gasteiger partial charge in [-0.3, -0.25) is 0 Å². The minimum absolute atomic E-state index is 0.524. The van der Waals surface area contributed by atoms with Gasteiger partial charge in [0.05, 0.1) is 5.69 Å². The van der Waals surface area contributed by atoms with E-state index in [1.54, 1.807) is 0 Å². The molecule has 2 nitrogen and oxygen atoms in total. The van der Waals surface area contributed by atoms with Gasteiger partial charge in [0.25, 0.3) is 4.84 Å². The normalized spacial score (nSPS) is 12.8. The van der Waals surface area contributed by atoms with Crippen LogP contribution in [0.4, 0.5) is 0 Å². The van der Waals surface area contributed by atoms with Gasteiger partial charge in [-0.15, -0.1) is 0 Å². The number of oxazole rings is 1. The van der Waals surface area contributed by atoms with E-state index in [4.69, 9.17) is 16.6 Å². The highest BCUT2D eigenvalue weighted by atomic mass is 32.1. The van der Waals surface area contributed by atoms with Crippen LogP contribution in [0.15, 0.2) is 16.6 Å². The smallest absolute Gasteiger partial charge is 0.269 e. The van der Waals surface area contributed by atoms with Crippen molar-refractivity contribution in [2.24, 2.45) is 7.05 Å². The highest BCUT2D eigenvalue weighted by Gasteiger charge is 2.07. The van der Waals surface area contributed by atoms with Gasteiger partial charge in [0.2, 0.25) is 0 Å². The predicted molar refractivity (Wildman–Crippen MR) is 62.5 cm³/mol. The molecule has 0 amide bonds. The van der Waals surface area contributed by atoms with Crippen molar-refractivity contribution >= 4 is 24.4 Å². The molecule has 0 bridgehead atoms. The van der Waals surface area contributed by atoms with Crippen LogP contribution < -0.4 is 0 Å². The quantitative estimate of drug-likeness (QED) is 0.605. The van der Waals surface area contributed by atoms with Crippen LogP contribution in [0.5, 0.6) is 0 Å². The van der Waals surface area contributed by atoms with Crippen molar-refractivity contribution < 1.29 is 4.42 Å². The number of hydrogen-bond acceptors (Lipinski definition) is 2. The molecule has 3 heteroatoms. The number of fused-ring (bicyclic) bond motifs is 1. The maximum absolute atomic E-state index is 5.36. The van der Waals surface area contributed by atoms with Crippen LogP contribution in [0.25, 0.3) is 12.2 Å². The van der Waals surface area contributed by atoms with Gasteiger partial charge >= 0.3 is 0 Å². The molecule has 0 saturated heterocycles. The number of aromatic nitrogens is 1. The minimum atomic E-state index is 0.524. The van der Waals surface area contributed by atoms with E-state index in [0.29, 0.717) is 4.84 Å². The summed E-state index contributed by atoms with van der Waals surface area (Å²) in [4.78, 5) is 0.524. The molecule has 0 unspecified atom stereocenters. The van der Waals surface area contributed by atoms with Crippen LogP contribution in [-0.4, -0.2) is 4.57 Å². The van der Waals surface area contributed by atoms with E-state index in [2.05, 4.69) is 12.2 Å². The first-order valence-electron chi connectivity index (χ1n) is 4.82. The lowest BCUT2D eigenvalue weighted by atomic mass is 10.3. The topological polar surface area (TPSA) is 18.1 Å². The Morgan fingerprint density at radius 1 is 1.29 bits per heavy atom. The van der Waals surface area contributed by atoms with Gasteiger partial charge in [0.1, 0.15) is 0 Å². The van der Waals surface area contributed by atoms with E-state index in [-0.39, 0.29) is 0 Å².